The average molecular weight is 563 g/mol. The van der Waals surface area contributed by atoms with Crippen molar-refractivity contribution >= 4 is 5.70 Å². The van der Waals surface area contributed by atoms with Gasteiger partial charge in [-0.05, 0) is 78.1 Å². The lowest BCUT2D eigenvalue weighted by Crippen LogP contribution is -2.26. The SMILES string of the molecule is C=C(N[C@@H](c1cc(F)cc(C(F)(F)C(F)F)c1)c1ccc(F)c(OC2CC2)c1)c1ccc(F)c(C(F)(F)F)c1. The minimum atomic E-state index is -5.05. The molecule has 0 amide bonds. The summed E-state index contributed by atoms with van der Waals surface area (Å²) in [5.41, 5.74) is -3.81. The van der Waals surface area contributed by atoms with Gasteiger partial charge in [0.15, 0.2) is 11.6 Å². The predicted octanol–water partition coefficient (Wildman–Crippen LogP) is 8.37. The summed E-state index contributed by atoms with van der Waals surface area (Å²) in [6, 6.07) is 5.42. The van der Waals surface area contributed by atoms with E-state index in [0.717, 1.165) is 18.2 Å². The maximum Gasteiger partial charge on any atom is 0.419 e. The van der Waals surface area contributed by atoms with Crippen molar-refractivity contribution < 1.29 is 48.6 Å². The van der Waals surface area contributed by atoms with Crippen LogP contribution in [0.1, 0.15) is 46.7 Å². The normalized spacial score (nSPS) is 14.8. The van der Waals surface area contributed by atoms with Gasteiger partial charge in [-0.25, -0.2) is 22.0 Å². The van der Waals surface area contributed by atoms with Gasteiger partial charge in [-0.3, -0.25) is 0 Å². The van der Waals surface area contributed by atoms with E-state index < -0.39 is 53.1 Å². The Morgan fingerprint density at radius 2 is 1.51 bits per heavy atom. The van der Waals surface area contributed by atoms with Crippen molar-refractivity contribution in [3.8, 4) is 5.75 Å². The summed E-state index contributed by atoms with van der Waals surface area (Å²) in [4.78, 5) is 0. The third kappa shape index (κ3) is 6.31. The highest BCUT2D eigenvalue weighted by molar-refractivity contribution is 5.64. The van der Waals surface area contributed by atoms with Crippen molar-refractivity contribution in [3.63, 3.8) is 0 Å². The molecule has 12 heteroatoms. The third-order valence-electron chi connectivity index (χ3n) is 5.96. The van der Waals surface area contributed by atoms with Gasteiger partial charge in [-0.2, -0.15) is 22.0 Å². The van der Waals surface area contributed by atoms with E-state index in [1.54, 1.807) is 0 Å². The minimum Gasteiger partial charge on any atom is -0.487 e. The highest BCUT2D eigenvalue weighted by Crippen LogP contribution is 2.39. The molecular formula is C27H19F10NO. The van der Waals surface area contributed by atoms with Crippen molar-refractivity contribution in [2.75, 3.05) is 0 Å². The number of hydrogen-bond acceptors (Lipinski definition) is 2. The second-order valence-corrected chi connectivity index (χ2v) is 8.95. The molecule has 0 saturated heterocycles. The topological polar surface area (TPSA) is 21.3 Å². The number of alkyl halides is 7. The lowest BCUT2D eigenvalue weighted by atomic mass is 9.94. The first kappa shape index (κ1) is 28.3. The highest BCUT2D eigenvalue weighted by Gasteiger charge is 2.43. The molecule has 1 N–H and O–H groups in total. The van der Waals surface area contributed by atoms with Gasteiger partial charge in [-0.1, -0.05) is 12.6 Å². The number of rotatable bonds is 9. The van der Waals surface area contributed by atoms with Crippen molar-refractivity contribution in [1.29, 1.82) is 0 Å². The van der Waals surface area contributed by atoms with Crippen LogP contribution in [0.25, 0.3) is 5.70 Å². The molecule has 0 unspecified atom stereocenters. The van der Waals surface area contributed by atoms with Gasteiger partial charge < -0.3 is 10.1 Å². The maximum absolute atomic E-state index is 14.4. The first-order valence-electron chi connectivity index (χ1n) is 11.4. The van der Waals surface area contributed by atoms with Gasteiger partial charge in [0.05, 0.1) is 17.7 Å². The van der Waals surface area contributed by atoms with Crippen LogP contribution < -0.4 is 10.1 Å². The standard InChI is InChI=1S/C27H19F10NO/c1-13(14-2-6-21(29)20(10-14)27(35,36)37)38-24(15-3-7-22(30)23(11-15)39-19-4-5-19)16-8-17(12-18(28)9-16)26(33,34)25(31)32/h2-3,6-12,19,24-25,38H,1,4-5H2/t24-/m1/s1. The zero-order valence-corrected chi connectivity index (χ0v) is 19.7. The fourth-order valence-corrected chi connectivity index (χ4v) is 3.80. The van der Waals surface area contributed by atoms with Gasteiger partial charge >= 0.3 is 18.5 Å². The fourth-order valence-electron chi connectivity index (χ4n) is 3.80. The van der Waals surface area contributed by atoms with Gasteiger partial charge in [0, 0.05) is 11.3 Å². The van der Waals surface area contributed by atoms with Crippen LogP contribution in [-0.2, 0) is 12.1 Å². The summed E-state index contributed by atoms with van der Waals surface area (Å²) in [7, 11) is 0. The summed E-state index contributed by atoms with van der Waals surface area (Å²) >= 11 is 0. The van der Waals surface area contributed by atoms with Crippen molar-refractivity contribution in [2.24, 2.45) is 0 Å². The van der Waals surface area contributed by atoms with Crippen LogP contribution in [0, 0.1) is 17.5 Å². The molecule has 4 rings (SSSR count). The Balaban J connectivity index is 1.80. The molecule has 1 aliphatic carbocycles. The summed E-state index contributed by atoms with van der Waals surface area (Å²) in [6.07, 6.45) is -8.17. The Morgan fingerprint density at radius 3 is 2.13 bits per heavy atom. The maximum atomic E-state index is 14.4. The number of ether oxygens (including phenoxy) is 1. The van der Waals surface area contributed by atoms with Crippen LogP contribution in [0.3, 0.4) is 0 Å². The fraction of sp³-hybridized carbons (Fsp3) is 0.259. The van der Waals surface area contributed by atoms with Crippen LogP contribution >= 0.6 is 0 Å². The predicted molar refractivity (Wildman–Crippen MR) is 122 cm³/mol. The van der Waals surface area contributed by atoms with Crippen LogP contribution in [0.2, 0.25) is 0 Å². The lowest BCUT2D eigenvalue weighted by Gasteiger charge is -2.25. The molecule has 208 valence electrons. The Bertz CT molecular complexity index is 1380. The molecule has 1 aliphatic rings. The Kier molecular flexibility index (Phi) is 7.59. The molecule has 3 aromatic rings. The van der Waals surface area contributed by atoms with E-state index in [2.05, 4.69) is 11.9 Å². The molecule has 0 spiro atoms. The second-order valence-electron chi connectivity index (χ2n) is 8.95. The van der Waals surface area contributed by atoms with Crippen molar-refractivity contribution in [2.45, 2.75) is 43.5 Å². The summed E-state index contributed by atoms with van der Waals surface area (Å²) < 4.78 is 142. The van der Waals surface area contributed by atoms with Gasteiger partial charge in [0.25, 0.3) is 0 Å². The molecule has 1 fully saturated rings. The third-order valence-corrected chi connectivity index (χ3v) is 5.96. The Labute approximate surface area is 215 Å². The van der Waals surface area contributed by atoms with E-state index in [1.165, 1.54) is 12.1 Å². The zero-order valence-electron chi connectivity index (χ0n) is 19.7. The lowest BCUT2D eigenvalue weighted by molar-refractivity contribution is -0.140. The van der Waals surface area contributed by atoms with Crippen LogP contribution in [0.5, 0.6) is 5.75 Å². The average Bonchev–Trinajstić information content (AvgIpc) is 3.67. The molecular weight excluding hydrogens is 544 g/mol. The van der Waals surface area contributed by atoms with Crippen molar-refractivity contribution in [1.82, 2.24) is 5.32 Å². The van der Waals surface area contributed by atoms with Crippen LogP contribution in [0.15, 0.2) is 61.2 Å². The second kappa shape index (κ2) is 10.5. The van der Waals surface area contributed by atoms with E-state index in [4.69, 9.17) is 4.74 Å². The first-order valence-corrected chi connectivity index (χ1v) is 11.4. The summed E-state index contributed by atoms with van der Waals surface area (Å²) in [5.74, 6) is -8.61. The quantitative estimate of drug-likeness (QED) is 0.264. The molecule has 39 heavy (non-hydrogen) atoms. The molecule has 0 radical (unpaired) electrons. The number of halogens is 10. The molecule has 0 bridgehead atoms. The first-order chi connectivity index (χ1) is 18.2. The molecule has 0 aliphatic heterocycles. The number of hydrogen-bond donors (Lipinski definition) is 1. The van der Waals surface area contributed by atoms with E-state index in [9.17, 15) is 43.9 Å². The molecule has 1 saturated carbocycles. The van der Waals surface area contributed by atoms with E-state index >= 15 is 0 Å². The Hall–Kier alpha value is -3.70. The van der Waals surface area contributed by atoms with E-state index in [0.29, 0.717) is 31.0 Å². The van der Waals surface area contributed by atoms with Gasteiger partial charge in [-0.15, -0.1) is 0 Å². The molecule has 0 heterocycles. The van der Waals surface area contributed by atoms with E-state index in [-0.39, 0.29) is 40.3 Å². The number of benzene rings is 3. The number of nitrogens with one attached hydrogen (secondary N) is 1. The minimum absolute atomic E-state index is 0.0586. The largest absolute Gasteiger partial charge is 0.487 e. The van der Waals surface area contributed by atoms with Crippen molar-refractivity contribution in [3.05, 3.63) is 106 Å². The summed E-state index contributed by atoms with van der Waals surface area (Å²) in [5, 5.41) is 2.65. The highest BCUT2D eigenvalue weighted by atomic mass is 19.4. The zero-order chi connectivity index (χ0) is 28.7. The monoisotopic (exact) mass is 563 g/mol. The van der Waals surface area contributed by atoms with Crippen LogP contribution in [0.4, 0.5) is 43.9 Å². The van der Waals surface area contributed by atoms with Crippen LogP contribution in [-0.4, -0.2) is 12.5 Å². The molecule has 3 aromatic carbocycles. The van der Waals surface area contributed by atoms with Gasteiger partial charge in [0.1, 0.15) is 11.6 Å². The molecule has 1 atom stereocenters. The smallest absolute Gasteiger partial charge is 0.419 e. The summed E-state index contributed by atoms with van der Waals surface area (Å²) in [6.45, 7) is 3.62. The Morgan fingerprint density at radius 1 is 0.846 bits per heavy atom. The molecule has 0 aromatic heterocycles. The van der Waals surface area contributed by atoms with E-state index in [1.807, 2.05) is 0 Å². The van der Waals surface area contributed by atoms with Gasteiger partial charge in [0.2, 0.25) is 0 Å². The molecule has 2 nitrogen and oxygen atoms in total.